The Labute approximate surface area is 166 Å². The molecule has 29 heavy (non-hydrogen) atoms. The number of amides is 1. The van der Waals surface area contributed by atoms with Gasteiger partial charge in [-0.1, -0.05) is 42.5 Å². The Morgan fingerprint density at radius 2 is 1.76 bits per heavy atom. The van der Waals surface area contributed by atoms with Gasteiger partial charge in [-0.05, 0) is 30.3 Å². The SMILES string of the molecule is Cn1nc(-c2ccccc2)cc1-c1ccc(N)nc1NC(=O)c1ccccc1F. The summed E-state index contributed by atoms with van der Waals surface area (Å²) in [7, 11) is 1.81. The third-order valence-electron chi connectivity index (χ3n) is 4.49. The summed E-state index contributed by atoms with van der Waals surface area (Å²) >= 11 is 0. The van der Waals surface area contributed by atoms with Gasteiger partial charge < -0.3 is 11.1 Å². The van der Waals surface area contributed by atoms with E-state index in [1.54, 1.807) is 29.9 Å². The van der Waals surface area contributed by atoms with Gasteiger partial charge in [0.2, 0.25) is 0 Å². The van der Waals surface area contributed by atoms with E-state index in [0.717, 1.165) is 17.0 Å². The standard InChI is InChI=1S/C22H18FN5O/c1-28-19(13-18(27-28)14-7-3-2-4-8-14)16-11-12-20(24)25-21(16)26-22(29)15-9-5-6-10-17(15)23/h2-13H,1H3,(H3,24,25,26,29). The number of nitrogens with two attached hydrogens (primary N) is 1. The molecule has 2 aromatic carbocycles. The molecule has 2 heterocycles. The van der Waals surface area contributed by atoms with Crippen molar-refractivity contribution in [2.45, 2.75) is 0 Å². The molecule has 6 nitrogen and oxygen atoms in total. The molecule has 0 aliphatic heterocycles. The van der Waals surface area contributed by atoms with Crippen molar-refractivity contribution in [3.05, 3.63) is 84.2 Å². The molecule has 2 aromatic heterocycles. The van der Waals surface area contributed by atoms with Crippen LogP contribution >= 0.6 is 0 Å². The van der Waals surface area contributed by atoms with Crippen LogP contribution < -0.4 is 11.1 Å². The summed E-state index contributed by atoms with van der Waals surface area (Å²) < 4.78 is 15.7. The first-order valence-corrected chi connectivity index (χ1v) is 8.95. The molecule has 0 bridgehead atoms. The molecule has 144 valence electrons. The lowest BCUT2D eigenvalue weighted by molar-refractivity contribution is 0.102. The number of benzene rings is 2. The van der Waals surface area contributed by atoms with Crippen LogP contribution in [0.5, 0.6) is 0 Å². The Balaban J connectivity index is 1.74. The number of rotatable bonds is 4. The summed E-state index contributed by atoms with van der Waals surface area (Å²) in [6.07, 6.45) is 0. The van der Waals surface area contributed by atoms with E-state index >= 15 is 0 Å². The number of nitrogen functional groups attached to an aromatic ring is 1. The molecule has 3 N–H and O–H groups in total. The number of nitrogens with zero attached hydrogens (tertiary/aromatic N) is 3. The van der Waals surface area contributed by atoms with Gasteiger partial charge in [0.1, 0.15) is 17.5 Å². The Bertz CT molecular complexity index is 1190. The van der Waals surface area contributed by atoms with Gasteiger partial charge in [-0.2, -0.15) is 5.10 Å². The summed E-state index contributed by atoms with van der Waals surface area (Å²) in [5.41, 5.74) is 8.87. The second-order valence-electron chi connectivity index (χ2n) is 6.47. The molecule has 0 saturated carbocycles. The minimum absolute atomic E-state index is 0.0716. The van der Waals surface area contributed by atoms with Gasteiger partial charge in [0.25, 0.3) is 5.91 Å². The molecule has 4 rings (SSSR count). The van der Waals surface area contributed by atoms with Crippen LogP contribution in [-0.2, 0) is 7.05 Å². The van der Waals surface area contributed by atoms with Crippen molar-refractivity contribution in [3.8, 4) is 22.5 Å². The molecule has 0 aliphatic rings. The van der Waals surface area contributed by atoms with Crippen LogP contribution in [0.15, 0.2) is 72.8 Å². The maximum absolute atomic E-state index is 14.0. The molecule has 0 saturated heterocycles. The number of aryl methyl sites for hydroxylation is 1. The average molecular weight is 387 g/mol. The highest BCUT2D eigenvalue weighted by atomic mass is 19.1. The Hall–Kier alpha value is -4.00. The lowest BCUT2D eigenvalue weighted by Crippen LogP contribution is -2.16. The van der Waals surface area contributed by atoms with Crippen LogP contribution in [0.2, 0.25) is 0 Å². The first-order chi connectivity index (χ1) is 14.0. The normalized spacial score (nSPS) is 10.7. The first kappa shape index (κ1) is 18.4. The van der Waals surface area contributed by atoms with Gasteiger partial charge in [0.15, 0.2) is 0 Å². The molecule has 0 aliphatic carbocycles. The van der Waals surface area contributed by atoms with Gasteiger partial charge in [0, 0.05) is 18.2 Å². The lowest BCUT2D eigenvalue weighted by Gasteiger charge is -2.11. The van der Waals surface area contributed by atoms with Crippen LogP contribution in [0.3, 0.4) is 0 Å². The van der Waals surface area contributed by atoms with Crippen LogP contribution in [0, 0.1) is 5.82 Å². The summed E-state index contributed by atoms with van der Waals surface area (Å²) in [6, 6.07) is 20.8. The first-order valence-electron chi connectivity index (χ1n) is 8.95. The molecule has 0 unspecified atom stereocenters. The minimum atomic E-state index is -0.609. The molecule has 0 atom stereocenters. The topological polar surface area (TPSA) is 85.8 Å². The van der Waals surface area contributed by atoms with Crippen molar-refractivity contribution >= 4 is 17.5 Å². The van der Waals surface area contributed by atoms with Crippen molar-refractivity contribution in [3.63, 3.8) is 0 Å². The number of carbonyl (C=O) groups is 1. The largest absolute Gasteiger partial charge is 0.384 e. The molecular weight excluding hydrogens is 369 g/mol. The van der Waals surface area contributed by atoms with E-state index in [2.05, 4.69) is 15.4 Å². The zero-order valence-electron chi connectivity index (χ0n) is 15.6. The van der Waals surface area contributed by atoms with Gasteiger partial charge in [-0.25, -0.2) is 9.37 Å². The molecule has 0 spiro atoms. The average Bonchev–Trinajstić information content (AvgIpc) is 3.10. The zero-order chi connectivity index (χ0) is 20.4. The fourth-order valence-corrected chi connectivity index (χ4v) is 3.07. The fourth-order valence-electron chi connectivity index (χ4n) is 3.07. The second kappa shape index (κ2) is 7.55. The van der Waals surface area contributed by atoms with Gasteiger partial charge in [-0.15, -0.1) is 0 Å². The zero-order valence-corrected chi connectivity index (χ0v) is 15.6. The number of hydrogen-bond acceptors (Lipinski definition) is 4. The van der Waals surface area contributed by atoms with Crippen LogP contribution in [0.4, 0.5) is 16.0 Å². The number of pyridine rings is 1. The minimum Gasteiger partial charge on any atom is -0.384 e. The summed E-state index contributed by atoms with van der Waals surface area (Å²) in [5, 5.41) is 7.23. The molecular formula is C22H18FN5O. The molecule has 0 fully saturated rings. The second-order valence-corrected chi connectivity index (χ2v) is 6.47. The van der Waals surface area contributed by atoms with E-state index in [4.69, 9.17) is 5.73 Å². The quantitative estimate of drug-likeness (QED) is 0.551. The highest BCUT2D eigenvalue weighted by Gasteiger charge is 2.18. The molecule has 0 radical (unpaired) electrons. The monoisotopic (exact) mass is 387 g/mol. The number of carbonyl (C=O) groups excluding carboxylic acids is 1. The van der Waals surface area contributed by atoms with Crippen LogP contribution in [0.25, 0.3) is 22.5 Å². The van der Waals surface area contributed by atoms with Crippen molar-refractivity contribution in [1.82, 2.24) is 14.8 Å². The number of anilines is 2. The highest BCUT2D eigenvalue weighted by molar-refractivity contribution is 6.05. The maximum atomic E-state index is 14.0. The molecule has 1 amide bonds. The lowest BCUT2D eigenvalue weighted by atomic mass is 10.1. The Kier molecular flexibility index (Phi) is 4.78. The molecule has 4 aromatic rings. The summed E-state index contributed by atoms with van der Waals surface area (Å²) in [6.45, 7) is 0. The van der Waals surface area contributed by atoms with E-state index in [9.17, 15) is 9.18 Å². The third-order valence-corrected chi connectivity index (χ3v) is 4.49. The van der Waals surface area contributed by atoms with Crippen molar-refractivity contribution in [1.29, 1.82) is 0 Å². The summed E-state index contributed by atoms with van der Waals surface area (Å²) in [5.74, 6) is -0.737. The van der Waals surface area contributed by atoms with Crippen molar-refractivity contribution < 1.29 is 9.18 Å². The third kappa shape index (κ3) is 3.70. The number of halogens is 1. The number of nitrogens with one attached hydrogen (secondary N) is 1. The van der Waals surface area contributed by atoms with Gasteiger partial charge in [-0.3, -0.25) is 9.48 Å². The van der Waals surface area contributed by atoms with E-state index < -0.39 is 11.7 Å². The van der Waals surface area contributed by atoms with E-state index in [0.29, 0.717) is 5.56 Å². The van der Waals surface area contributed by atoms with E-state index in [-0.39, 0.29) is 17.2 Å². The van der Waals surface area contributed by atoms with Gasteiger partial charge >= 0.3 is 0 Å². The number of hydrogen-bond donors (Lipinski definition) is 2. The Morgan fingerprint density at radius 1 is 1.03 bits per heavy atom. The predicted octanol–water partition coefficient (Wildman–Crippen LogP) is 4.12. The van der Waals surface area contributed by atoms with Gasteiger partial charge in [0.05, 0.1) is 17.0 Å². The fraction of sp³-hybridized carbons (Fsp3) is 0.0455. The van der Waals surface area contributed by atoms with Crippen LogP contribution in [0.1, 0.15) is 10.4 Å². The van der Waals surface area contributed by atoms with E-state index in [1.807, 2.05) is 36.4 Å². The highest BCUT2D eigenvalue weighted by Crippen LogP contribution is 2.31. The van der Waals surface area contributed by atoms with Crippen LogP contribution in [-0.4, -0.2) is 20.7 Å². The maximum Gasteiger partial charge on any atom is 0.259 e. The van der Waals surface area contributed by atoms with Crippen molar-refractivity contribution in [2.75, 3.05) is 11.1 Å². The van der Waals surface area contributed by atoms with E-state index in [1.165, 1.54) is 18.2 Å². The predicted molar refractivity (Wildman–Crippen MR) is 111 cm³/mol. The number of aromatic nitrogens is 3. The smallest absolute Gasteiger partial charge is 0.259 e. The summed E-state index contributed by atoms with van der Waals surface area (Å²) in [4.78, 5) is 16.8. The van der Waals surface area contributed by atoms with Crippen molar-refractivity contribution in [2.24, 2.45) is 7.05 Å². The Morgan fingerprint density at radius 3 is 2.52 bits per heavy atom. The molecule has 7 heteroatoms.